The largest absolute Gasteiger partial charge is 0.496 e. The van der Waals surface area contributed by atoms with E-state index in [9.17, 15) is 9.59 Å². The van der Waals surface area contributed by atoms with Crippen LogP contribution in [0.2, 0.25) is 0 Å². The van der Waals surface area contributed by atoms with E-state index < -0.39 is 0 Å². The average Bonchev–Trinajstić information content (AvgIpc) is 3.41. The summed E-state index contributed by atoms with van der Waals surface area (Å²) in [6, 6.07) is 6.64. The van der Waals surface area contributed by atoms with Crippen LogP contribution in [0.3, 0.4) is 0 Å². The molecule has 0 bridgehead atoms. The number of carbonyl (C=O) groups is 2. The highest BCUT2D eigenvalue weighted by atomic mass is 32.2. The standard InChI is InChI=1S/C19H22N6O3S2/c1-4-25-16(12(2)21-17(27)13-7-5-6-8-14(13)28-3)23-24-19(25)30-11-15(26)22-18-20-9-10-29-18/h5-10,12H,4,11H2,1-3H3,(H,21,27)(H,20,22,26)/t12-/m1/s1. The van der Waals surface area contributed by atoms with Crippen molar-refractivity contribution in [1.29, 1.82) is 0 Å². The van der Waals surface area contributed by atoms with Gasteiger partial charge in [-0.25, -0.2) is 4.98 Å². The normalized spacial score (nSPS) is 11.7. The lowest BCUT2D eigenvalue weighted by Gasteiger charge is -2.16. The number of carbonyl (C=O) groups excluding carboxylic acids is 2. The molecule has 0 fully saturated rings. The van der Waals surface area contributed by atoms with E-state index in [-0.39, 0.29) is 23.6 Å². The Bertz CT molecular complexity index is 1010. The van der Waals surface area contributed by atoms with Crippen LogP contribution in [0.1, 0.15) is 36.1 Å². The van der Waals surface area contributed by atoms with Crippen LogP contribution in [0.4, 0.5) is 5.13 Å². The van der Waals surface area contributed by atoms with Gasteiger partial charge >= 0.3 is 0 Å². The molecule has 0 saturated carbocycles. The van der Waals surface area contributed by atoms with Gasteiger partial charge in [0.1, 0.15) is 5.75 Å². The first-order chi connectivity index (χ1) is 14.5. The molecule has 0 spiro atoms. The zero-order valence-corrected chi connectivity index (χ0v) is 18.4. The van der Waals surface area contributed by atoms with Crippen LogP contribution in [0.5, 0.6) is 5.75 Å². The van der Waals surface area contributed by atoms with Gasteiger partial charge in [-0.05, 0) is 26.0 Å². The molecule has 0 aliphatic rings. The van der Waals surface area contributed by atoms with Crippen LogP contribution < -0.4 is 15.4 Å². The number of aromatic nitrogens is 4. The fourth-order valence-electron chi connectivity index (χ4n) is 2.77. The van der Waals surface area contributed by atoms with Crippen molar-refractivity contribution in [2.45, 2.75) is 31.6 Å². The molecule has 1 aromatic carbocycles. The summed E-state index contributed by atoms with van der Waals surface area (Å²) in [7, 11) is 1.53. The summed E-state index contributed by atoms with van der Waals surface area (Å²) in [4.78, 5) is 28.8. The van der Waals surface area contributed by atoms with Crippen LogP contribution in [0.15, 0.2) is 41.0 Å². The van der Waals surface area contributed by atoms with Gasteiger partial charge in [-0.1, -0.05) is 23.9 Å². The van der Waals surface area contributed by atoms with Crippen LogP contribution in [0.25, 0.3) is 0 Å². The van der Waals surface area contributed by atoms with Crippen molar-refractivity contribution in [1.82, 2.24) is 25.1 Å². The Balaban J connectivity index is 1.65. The average molecular weight is 447 g/mol. The van der Waals surface area contributed by atoms with Crippen molar-refractivity contribution in [3.8, 4) is 5.75 Å². The lowest BCUT2D eigenvalue weighted by atomic mass is 10.1. The quantitative estimate of drug-likeness (QED) is 0.486. The fourth-order valence-corrected chi connectivity index (χ4v) is 4.12. The molecule has 3 aromatic rings. The van der Waals surface area contributed by atoms with Gasteiger partial charge in [-0.15, -0.1) is 21.5 Å². The minimum absolute atomic E-state index is 0.167. The molecular weight excluding hydrogens is 424 g/mol. The van der Waals surface area contributed by atoms with Crippen LogP contribution in [-0.2, 0) is 11.3 Å². The summed E-state index contributed by atoms with van der Waals surface area (Å²) in [6.45, 7) is 4.40. The van der Waals surface area contributed by atoms with Gasteiger partial charge in [0.15, 0.2) is 16.1 Å². The number of methoxy groups -OCH3 is 1. The van der Waals surface area contributed by atoms with E-state index in [4.69, 9.17) is 4.74 Å². The van der Waals surface area contributed by atoms with Gasteiger partial charge in [0, 0.05) is 18.1 Å². The topological polar surface area (TPSA) is 111 Å². The summed E-state index contributed by atoms with van der Waals surface area (Å²) >= 11 is 2.64. The predicted molar refractivity (Wildman–Crippen MR) is 116 cm³/mol. The highest BCUT2D eigenvalue weighted by molar-refractivity contribution is 7.99. The molecule has 9 nitrogen and oxygen atoms in total. The van der Waals surface area contributed by atoms with Crippen molar-refractivity contribution >= 4 is 40.0 Å². The third-order valence-corrected chi connectivity index (χ3v) is 5.81. The minimum Gasteiger partial charge on any atom is -0.496 e. The first-order valence-corrected chi connectivity index (χ1v) is 11.1. The maximum absolute atomic E-state index is 12.7. The Hall–Kier alpha value is -2.92. The third kappa shape index (κ3) is 5.16. The molecule has 2 N–H and O–H groups in total. The molecule has 0 saturated heterocycles. The number of hydrogen-bond donors (Lipinski definition) is 2. The summed E-state index contributed by atoms with van der Waals surface area (Å²) in [5, 5.41) is 17.1. The van der Waals surface area contributed by atoms with Gasteiger partial charge in [0.2, 0.25) is 5.91 Å². The van der Waals surface area contributed by atoms with Crippen molar-refractivity contribution in [3.05, 3.63) is 47.2 Å². The van der Waals surface area contributed by atoms with E-state index in [1.165, 1.54) is 30.2 Å². The summed E-state index contributed by atoms with van der Waals surface area (Å²) < 4.78 is 7.14. The lowest BCUT2D eigenvalue weighted by molar-refractivity contribution is -0.113. The van der Waals surface area contributed by atoms with Crippen LogP contribution >= 0.6 is 23.1 Å². The van der Waals surface area contributed by atoms with Gasteiger partial charge in [-0.2, -0.15) is 0 Å². The maximum Gasteiger partial charge on any atom is 0.255 e. The van der Waals surface area contributed by atoms with E-state index in [0.29, 0.717) is 34.0 Å². The molecule has 0 aliphatic heterocycles. The second-order valence-electron chi connectivity index (χ2n) is 6.15. The Morgan fingerprint density at radius 3 is 2.80 bits per heavy atom. The van der Waals surface area contributed by atoms with E-state index in [1.807, 2.05) is 18.4 Å². The molecule has 0 unspecified atom stereocenters. The number of nitrogens with one attached hydrogen (secondary N) is 2. The van der Waals surface area contributed by atoms with Crippen molar-refractivity contribution in [3.63, 3.8) is 0 Å². The molecule has 0 radical (unpaired) electrons. The monoisotopic (exact) mass is 446 g/mol. The molecule has 158 valence electrons. The number of para-hydroxylation sites is 1. The molecule has 0 aliphatic carbocycles. The SMILES string of the molecule is CCn1c(SCC(=O)Nc2nccs2)nnc1[C@@H](C)NC(=O)c1ccccc1OC. The Kier molecular flexibility index (Phi) is 7.41. The number of hydrogen-bond acceptors (Lipinski definition) is 8. The highest BCUT2D eigenvalue weighted by Crippen LogP contribution is 2.23. The maximum atomic E-state index is 12.7. The first kappa shape index (κ1) is 21.8. The van der Waals surface area contributed by atoms with E-state index >= 15 is 0 Å². The van der Waals surface area contributed by atoms with Crippen molar-refractivity contribution < 1.29 is 14.3 Å². The second kappa shape index (κ2) is 10.2. The summed E-state index contributed by atoms with van der Waals surface area (Å²) in [5.41, 5.74) is 0.447. The zero-order chi connectivity index (χ0) is 21.5. The summed E-state index contributed by atoms with van der Waals surface area (Å²) in [5.74, 6) is 0.868. The van der Waals surface area contributed by atoms with Crippen molar-refractivity contribution in [2.75, 3.05) is 18.2 Å². The summed E-state index contributed by atoms with van der Waals surface area (Å²) in [6.07, 6.45) is 1.63. The Morgan fingerprint density at radius 1 is 1.30 bits per heavy atom. The minimum atomic E-state index is -0.381. The van der Waals surface area contributed by atoms with Gasteiger partial charge in [0.25, 0.3) is 5.91 Å². The number of ether oxygens (including phenoxy) is 1. The molecular formula is C19H22N6O3S2. The van der Waals surface area contributed by atoms with E-state index in [0.717, 1.165) is 0 Å². The van der Waals surface area contributed by atoms with Gasteiger partial charge in [-0.3, -0.25) is 9.59 Å². The number of benzene rings is 1. The van der Waals surface area contributed by atoms with Gasteiger partial charge in [0.05, 0.1) is 24.5 Å². The molecule has 11 heteroatoms. The number of amides is 2. The Morgan fingerprint density at radius 2 is 2.10 bits per heavy atom. The van der Waals surface area contributed by atoms with E-state index in [2.05, 4.69) is 25.8 Å². The number of anilines is 1. The smallest absolute Gasteiger partial charge is 0.255 e. The van der Waals surface area contributed by atoms with Gasteiger partial charge < -0.3 is 19.9 Å². The number of thiazole rings is 1. The van der Waals surface area contributed by atoms with Crippen LogP contribution in [0, 0.1) is 0 Å². The number of thioether (sulfide) groups is 1. The zero-order valence-electron chi connectivity index (χ0n) is 16.8. The molecule has 2 heterocycles. The molecule has 2 aromatic heterocycles. The molecule has 30 heavy (non-hydrogen) atoms. The predicted octanol–water partition coefficient (Wildman–Crippen LogP) is 2.98. The molecule has 1 atom stereocenters. The number of nitrogens with zero attached hydrogens (tertiary/aromatic N) is 4. The molecule has 3 rings (SSSR count). The second-order valence-corrected chi connectivity index (χ2v) is 7.99. The lowest BCUT2D eigenvalue weighted by Crippen LogP contribution is -2.29. The molecule has 2 amide bonds. The number of rotatable bonds is 9. The Labute approximate surface area is 182 Å². The van der Waals surface area contributed by atoms with Crippen molar-refractivity contribution in [2.24, 2.45) is 0 Å². The first-order valence-electron chi connectivity index (χ1n) is 9.22. The van der Waals surface area contributed by atoms with E-state index in [1.54, 1.807) is 35.8 Å². The van der Waals surface area contributed by atoms with Crippen LogP contribution in [-0.4, -0.2) is 44.4 Å². The highest BCUT2D eigenvalue weighted by Gasteiger charge is 2.21. The third-order valence-electron chi connectivity index (χ3n) is 4.16. The fraction of sp³-hybridized carbons (Fsp3) is 0.316.